The van der Waals surface area contributed by atoms with Crippen molar-refractivity contribution in [1.82, 2.24) is 14.5 Å². The van der Waals surface area contributed by atoms with E-state index < -0.39 is 17.2 Å². The van der Waals surface area contributed by atoms with E-state index in [2.05, 4.69) is 15.3 Å². The highest BCUT2D eigenvalue weighted by atomic mass is 32.1. The fraction of sp³-hybridized carbons (Fsp3) is 0.0588. The zero-order valence-electron chi connectivity index (χ0n) is 12.9. The van der Waals surface area contributed by atoms with Gasteiger partial charge in [-0.3, -0.25) is 14.2 Å². The third-order valence-corrected chi connectivity index (χ3v) is 4.68. The molecule has 0 fully saturated rings. The van der Waals surface area contributed by atoms with Crippen molar-refractivity contribution >= 4 is 43.5 Å². The fourth-order valence-electron chi connectivity index (χ4n) is 2.57. The number of nitrogens with one attached hydrogen (secondary N) is 2. The van der Waals surface area contributed by atoms with Crippen LogP contribution in [0.4, 0.5) is 5.13 Å². The summed E-state index contributed by atoms with van der Waals surface area (Å²) >= 11 is 1.33. The highest BCUT2D eigenvalue weighted by molar-refractivity contribution is 7.22. The van der Waals surface area contributed by atoms with Crippen LogP contribution >= 0.6 is 11.3 Å². The minimum Gasteiger partial charge on any atom is -0.307 e. The molecule has 0 aliphatic rings. The number of aromatic amines is 1. The molecule has 7 nitrogen and oxygen atoms in total. The van der Waals surface area contributed by atoms with Crippen molar-refractivity contribution in [3.63, 3.8) is 0 Å². The van der Waals surface area contributed by atoms with E-state index in [0.717, 1.165) is 14.8 Å². The molecule has 25 heavy (non-hydrogen) atoms. The van der Waals surface area contributed by atoms with Gasteiger partial charge in [0.05, 0.1) is 21.1 Å². The van der Waals surface area contributed by atoms with Gasteiger partial charge in [-0.15, -0.1) is 0 Å². The second-order valence-corrected chi connectivity index (χ2v) is 6.43. The molecular formula is C17H12N4O3S. The zero-order chi connectivity index (χ0) is 17.4. The molecule has 124 valence electrons. The summed E-state index contributed by atoms with van der Waals surface area (Å²) in [6.45, 7) is -0.380. The minimum atomic E-state index is -0.622. The Hall–Kier alpha value is -3.26. The molecule has 2 heterocycles. The summed E-state index contributed by atoms with van der Waals surface area (Å²) in [6, 6.07) is 14.2. The largest absolute Gasteiger partial charge is 0.329 e. The van der Waals surface area contributed by atoms with Gasteiger partial charge in [0, 0.05) is 0 Å². The van der Waals surface area contributed by atoms with E-state index in [0.29, 0.717) is 16.0 Å². The number of nitrogens with zero attached hydrogens (tertiary/aromatic N) is 2. The van der Waals surface area contributed by atoms with E-state index in [1.807, 2.05) is 24.3 Å². The lowest BCUT2D eigenvalue weighted by Gasteiger charge is -2.06. The number of carbonyl (C=O) groups is 1. The Kier molecular flexibility index (Phi) is 3.66. The summed E-state index contributed by atoms with van der Waals surface area (Å²) < 4.78 is 1.82. The lowest BCUT2D eigenvalue weighted by molar-refractivity contribution is -0.116. The molecule has 2 aromatic carbocycles. The summed E-state index contributed by atoms with van der Waals surface area (Å²) in [5.74, 6) is -0.484. The van der Waals surface area contributed by atoms with Crippen molar-refractivity contribution < 1.29 is 4.79 Å². The third kappa shape index (κ3) is 2.83. The topological polar surface area (TPSA) is 96.9 Å². The molecule has 0 aliphatic carbocycles. The number of hydrogen-bond donors (Lipinski definition) is 2. The Labute approximate surface area is 144 Å². The van der Waals surface area contributed by atoms with Gasteiger partial charge in [0.2, 0.25) is 5.91 Å². The first-order valence-corrected chi connectivity index (χ1v) is 8.31. The van der Waals surface area contributed by atoms with Gasteiger partial charge in [0.1, 0.15) is 6.54 Å². The molecule has 0 saturated carbocycles. The second-order valence-electron chi connectivity index (χ2n) is 5.40. The Morgan fingerprint density at radius 3 is 2.72 bits per heavy atom. The first-order valence-electron chi connectivity index (χ1n) is 7.49. The van der Waals surface area contributed by atoms with Crippen LogP contribution in [0.1, 0.15) is 0 Å². The minimum absolute atomic E-state index is 0.356. The Balaban J connectivity index is 1.63. The van der Waals surface area contributed by atoms with Gasteiger partial charge in [-0.1, -0.05) is 35.6 Å². The molecule has 8 heteroatoms. The van der Waals surface area contributed by atoms with Crippen LogP contribution in [-0.2, 0) is 11.3 Å². The van der Waals surface area contributed by atoms with Gasteiger partial charge >= 0.3 is 5.69 Å². The molecule has 1 amide bonds. The molecule has 0 radical (unpaired) electrons. The normalized spacial score (nSPS) is 11.0. The molecule has 4 rings (SSSR count). The van der Waals surface area contributed by atoms with Crippen LogP contribution in [0.5, 0.6) is 0 Å². The third-order valence-electron chi connectivity index (χ3n) is 3.73. The van der Waals surface area contributed by atoms with Gasteiger partial charge < -0.3 is 10.3 Å². The highest BCUT2D eigenvalue weighted by Crippen LogP contribution is 2.25. The standard InChI is InChI=1S/C17H12N4O3S/c22-14(20-16-18-12-7-3-4-8-13(12)25-16)9-21-15(23)10-5-1-2-6-11(10)19-17(21)24/h1-8H,9H2,(H,19,24)(H,18,20,22). The molecule has 2 N–H and O–H groups in total. The molecule has 0 atom stereocenters. The average molecular weight is 352 g/mol. The maximum atomic E-state index is 12.4. The first-order chi connectivity index (χ1) is 12.1. The fourth-order valence-corrected chi connectivity index (χ4v) is 3.45. The number of anilines is 1. The predicted octanol–water partition coefficient (Wildman–Crippen LogP) is 1.94. The van der Waals surface area contributed by atoms with Crippen molar-refractivity contribution in [3.05, 3.63) is 69.4 Å². The maximum absolute atomic E-state index is 12.4. The zero-order valence-corrected chi connectivity index (χ0v) is 13.7. The van der Waals surface area contributed by atoms with Gasteiger partial charge in [-0.25, -0.2) is 9.78 Å². The number of thiazole rings is 1. The number of hydrogen-bond acceptors (Lipinski definition) is 5. The quantitative estimate of drug-likeness (QED) is 0.589. The lowest BCUT2D eigenvalue weighted by atomic mass is 10.2. The molecule has 0 aliphatic heterocycles. The monoisotopic (exact) mass is 352 g/mol. The van der Waals surface area contributed by atoms with Gasteiger partial charge in [0.25, 0.3) is 5.56 Å². The van der Waals surface area contributed by atoms with Crippen LogP contribution in [0.3, 0.4) is 0 Å². The van der Waals surface area contributed by atoms with E-state index in [1.165, 1.54) is 11.3 Å². The number of H-pyrrole nitrogens is 1. The molecule has 0 unspecified atom stereocenters. The average Bonchev–Trinajstić information content (AvgIpc) is 3.00. The van der Waals surface area contributed by atoms with E-state index >= 15 is 0 Å². The molecule has 0 bridgehead atoms. The first kappa shape index (κ1) is 15.3. The van der Waals surface area contributed by atoms with Crippen LogP contribution < -0.4 is 16.6 Å². The van der Waals surface area contributed by atoms with Crippen LogP contribution in [0, 0.1) is 0 Å². The van der Waals surface area contributed by atoms with Crippen LogP contribution in [0.2, 0.25) is 0 Å². The number of fused-ring (bicyclic) bond motifs is 2. The van der Waals surface area contributed by atoms with E-state index in [-0.39, 0.29) is 6.54 Å². The molecule has 0 spiro atoms. The second kappa shape index (κ2) is 5.99. The summed E-state index contributed by atoms with van der Waals surface area (Å²) in [5, 5.41) is 3.42. The van der Waals surface area contributed by atoms with Crippen LogP contribution in [0.25, 0.3) is 21.1 Å². The van der Waals surface area contributed by atoms with Crippen LogP contribution in [-0.4, -0.2) is 20.4 Å². The number of carbonyl (C=O) groups excluding carboxylic acids is 1. The molecule has 0 saturated heterocycles. The number of para-hydroxylation sites is 2. The summed E-state index contributed by atoms with van der Waals surface area (Å²) in [6.07, 6.45) is 0. The summed E-state index contributed by atoms with van der Waals surface area (Å²) in [5.41, 5.74) is 0.103. The molecule has 2 aromatic heterocycles. The number of benzene rings is 2. The van der Waals surface area contributed by atoms with E-state index in [1.54, 1.807) is 24.3 Å². The number of aromatic nitrogens is 3. The molecular weight excluding hydrogens is 340 g/mol. The van der Waals surface area contributed by atoms with Crippen molar-refractivity contribution in [2.24, 2.45) is 0 Å². The predicted molar refractivity (Wildman–Crippen MR) is 97.1 cm³/mol. The van der Waals surface area contributed by atoms with Crippen molar-refractivity contribution in [2.45, 2.75) is 6.54 Å². The van der Waals surface area contributed by atoms with Crippen molar-refractivity contribution in [1.29, 1.82) is 0 Å². The Morgan fingerprint density at radius 1 is 1.12 bits per heavy atom. The SMILES string of the molecule is O=C(Cn1c(=O)[nH]c2ccccc2c1=O)Nc1nc2ccccc2s1. The Bertz CT molecular complexity index is 1190. The highest BCUT2D eigenvalue weighted by Gasteiger charge is 2.13. The maximum Gasteiger partial charge on any atom is 0.329 e. The number of amides is 1. The Morgan fingerprint density at radius 2 is 1.88 bits per heavy atom. The molecule has 4 aromatic rings. The van der Waals surface area contributed by atoms with Gasteiger partial charge in [-0.2, -0.15) is 0 Å². The summed E-state index contributed by atoms with van der Waals surface area (Å²) in [7, 11) is 0. The lowest BCUT2D eigenvalue weighted by Crippen LogP contribution is -2.38. The van der Waals surface area contributed by atoms with Gasteiger partial charge in [-0.05, 0) is 24.3 Å². The smallest absolute Gasteiger partial charge is 0.307 e. The van der Waals surface area contributed by atoms with E-state index in [4.69, 9.17) is 0 Å². The summed E-state index contributed by atoms with van der Waals surface area (Å²) in [4.78, 5) is 43.7. The van der Waals surface area contributed by atoms with Crippen molar-refractivity contribution in [2.75, 3.05) is 5.32 Å². The van der Waals surface area contributed by atoms with Crippen LogP contribution in [0.15, 0.2) is 58.1 Å². The van der Waals surface area contributed by atoms with E-state index in [9.17, 15) is 14.4 Å². The van der Waals surface area contributed by atoms with Gasteiger partial charge in [0.15, 0.2) is 5.13 Å². The van der Waals surface area contributed by atoms with Crippen molar-refractivity contribution in [3.8, 4) is 0 Å². The number of rotatable bonds is 3.